The first kappa shape index (κ1) is 12.7. The topological polar surface area (TPSA) is 41.6 Å². The van der Waals surface area contributed by atoms with Crippen LogP contribution in [0.1, 0.15) is 17.0 Å². The van der Waals surface area contributed by atoms with Crippen LogP contribution in [0.4, 0.5) is 0 Å². The number of nitrogens with zero attached hydrogens (tertiary/aromatic N) is 3. The van der Waals surface area contributed by atoms with Crippen LogP contribution in [0, 0.1) is 18.3 Å². The number of aromatic nitrogens is 2. The Hall–Kier alpha value is -2.31. The molecule has 0 bridgehead atoms. The van der Waals surface area contributed by atoms with E-state index in [9.17, 15) is 5.26 Å². The third-order valence-electron chi connectivity index (χ3n) is 3.26. The summed E-state index contributed by atoms with van der Waals surface area (Å²) < 4.78 is 1.97. The first-order valence-electron chi connectivity index (χ1n) is 6.28. The fourth-order valence-corrected chi connectivity index (χ4v) is 2.54. The second-order valence-electron chi connectivity index (χ2n) is 4.62. The predicted molar refractivity (Wildman–Crippen MR) is 80.1 cm³/mol. The van der Waals surface area contributed by atoms with Crippen LogP contribution in [-0.4, -0.2) is 9.55 Å². The van der Waals surface area contributed by atoms with Gasteiger partial charge in [0.2, 0.25) is 0 Å². The van der Waals surface area contributed by atoms with Crippen molar-refractivity contribution in [2.24, 2.45) is 0 Å². The lowest BCUT2D eigenvalue weighted by Crippen LogP contribution is -2.01. The maximum Gasteiger partial charge on any atom is 0.129 e. The highest BCUT2D eigenvalue weighted by atomic mass is 35.5. The van der Waals surface area contributed by atoms with E-state index >= 15 is 0 Å². The Bertz CT molecular complexity index is 827. The number of hydrogen-bond donors (Lipinski definition) is 0. The van der Waals surface area contributed by atoms with E-state index in [1.54, 1.807) is 6.07 Å². The number of alkyl halides is 1. The molecule has 0 N–H and O–H groups in total. The second kappa shape index (κ2) is 4.99. The lowest BCUT2D eigenvalue weighted by atomic mass is 10.1. The largest absolute Gasteiger partial charge is 0.294 e. The number of rotatable bonds is 2. The average molecular weight is 282 g/mol. The zero-order valence-electron chi connectivity index (χ0n) is 11.0. The molecule has 2 aromatic carbocycles. The van der Waals surface area contributed by atoms with Crippen molar-refractivity contribution in [1.29, 1.82) is 5.26 Å². The summed E-state index contributed by atoms with van der Waals surface area (Å²) in [6.07, 6.45) is 0. The van der Waals surface area contributed by atoms with Crippen molar-refractivity contribution in [1.82, 2.24) is 9.55 Å². The molecule has 0 aliphatic heterocycles. The van der Waals surface area contributed by atoms with Gasteiger partial charge in [0.05, 0.1) is 28.2 Å². The van der Waals surface area contributed by atoms with Crippen LogP contribution in [-0.2, 0) is 5.88 Å². The zero-order valence-corrected chi connectivity index (χ0v) is 11.7. The van der Waals surface area contributed by atoms with E-state index in [1.807, 2.05) is 41.8 Å². The van der Waals surface area contributed by atoms with E-state index in [-0.39, 0.29) is 0 Å². The molecule has 0 amide bonds. The molecule has 20 heavy (non-hydrogen) atoms. The minimum absolute atomic E-state index is 0.299. The molecule has 1 aromatic heterocycles. The number of halogens is 1. The SMILES string of the molecule is Cc1ccc2nc(CCl)n(-c3ccccc3C#N)c2c1. The van der Waals surface area contributed by atoms with Crippen molar-refractivity contribution in [2.75, 3.05) is 0 Å². The van der Waals surface area contributed by atoms with Gasteiger partial charge in [-0.2, -0.15) is 5.26 Å². The molecule has 0 radical (unpaired) electrons. The number of benzene rings is 2. The summed E-state index contributed by atoms with van der Waals surface area (Å²) in [5.41, 5.74) is 4.44. The zero-order chi connectivity index (χ0) is 14.1. The van der Waals surface area contributed by atoms with Crippen LogP contribution in [0.15, 0.2) is 42.5 Å². The lowest BCUT2D eigenvalue weighted by Gasteiger charge is -2.09. The molecule has 3 nitrogen and oxygen atoms in total. The maximum absolute atomic E-state index is 9.29. The molecule has 0 aliphatic carbocycles. The van der Waals surface area contributed by atoms with E-state index in [1.165, 1.54) is 0 Å². The predicted octanol–water partition coefficient (Wildman–Crippen LogP) is 3.94. The van der Waals surface area contributed by atoms with Crippen molar-refractivity contribution >= 4 is 22.6 Å². The summed E-state index contributed by atoms with van der Waals surface area (Å²) in [5, 5.41) is 9.29. The minimum atomic E-state index is 0.299. The first-order valence-corrected chi connectivity index (χ1v) is 6.81. The van der Waals surface area contributed by atoms with Crippen molar-refractivity contribution in [3.05, 3.63) is 59.4 Å². The van der Waals surface area contributed by atoms with E-state index in [0.717, 1.165) is 28.1 Å². The molecule has 3 rings (SSSR count). The number of imidazole rings is 1. The molecule has 0 saturated heterocycles. The molecule has 0 spiro atoms. The molecule has 98 valence electrons. The van der Waals surface area contributed by atoms with Gasteiger partial charge in [0.15, 0.2) is 0 Å². The summed E-state index contributed by atoms with van der Waals surface area (Å²) in [6, 6.07) is 15.8. The van der Waals surface area contributed by atoms with Gasteiger partial charge in [-0.3, -0.25) is 4.57 Å². The van der Waals surface area contributed by atoms with Gasteiger partial charge in [-0.05, 0) is 36.8 Å². The summed E-state index contributed by atoms with van der Waals surface area (Å²) in [7, 11) is 0. The van der Waals surface area contributed by atoms with Gasteiger partial charge in [-0.25, -0.2) is 4.98 Å². The molecule has 4 heteroatoms. The summed E-state index contributed by atoms with van der Waals surface area (Å²) in [5.74, 6) is 1.04. The number of hydrogen-bond acceptors (Lipinski definition) is 2. The third-order valence-corrected chi connectivity index (χ3v) is 3.50. The fraction of sp³-hybridized carbons (Fsp3) is 0.125. The number of aryl methyl sites for hydroxylation is 1. The van der Waals surface area contributed by atoms with Gasteiger partial charge in [0.25, 0.3) is 0 Å². The number of para-hydroxylation sites is 1. The first-order chi connectivity index (χ1) is 9.74. The Kier molecular flexibility index (Phi) is 3.17. The normalized spacial score (nSPS) is 10.7. The molecule has 0 fully saturated rings. The van der Waals surface area contributed by atoms with Gasteiger partial charge in [-0.15, -0.1) is 11.6 Å². The molecular formula is C16H12ClN3. The van der Waals surface area contributed by atoms with Crippen molar-refractivity contribution in [3.8, 4) is 11.8 Å². The van der Waals surface area contributed by atoms with Crippen LogP contribution in [0.25, 0.3) is 16.7 Å². The van der Waals surface area contributed by atoms with Crippen LogP contribution in [0.5, 0.6) is 0 Å². The van der Waals surface area contributed by atoms with Crippen LogP contribution < -0.4 is 0 Å². The molecule has 0 atom stereocenters. The second-order valence-corrected chi connectivity index (χ2v) is 4.89. The van der Waals surface area contributed by atoms with Gasteiger partial charge >= 0.3 is 0 Å². The standard InChI is InChI=1S/C16H12ClN3/c1-11-6-7-13-15(8-11)20(16(9-17)19-13)14-5-3-2-4-12(14)10-18/h2-8H,9H2,1H3. The van der Waals surface area contributed by atoms with Crippen LogP contribution in [0.3, 0.4) is 0 Å². The number of nitriles is 1. The highest BCUT2D eigenvalue weighted by Gasteiger charge is 2.14. The molecular weight excluding hydrogens is 270 g/mol. The van der Waals surface area contributed by atoms with Crippen molar-refractivity contribution in [3.63, 3.8) is 0 Å². The summed E-state index contributed by atoms with van der Waals surface area (Å²) >= 11 is 6.02. The highest BCUT2D eigenvalue weighted by Crippen LogP contribution is 2.25. The fourth-order valence-electron chi connectivity index (χ4n) is 2.36. The van der Waals surface area contributed by atoms with Crippen LogP contribution >= 0.6 is 11.6 Å². The Labute approximate surface area is 122 Å². The van der Waals surface area contributed by atoms with Crippen molar-refractivity contribution in [2.45, 2.75) is 12.8 Å². The van der Waals surface area contributed by atoms with E-state index in [4.69, 9.17) is 11.6 Å². The highest BCUT2D eigenvalue weighted by molar-refractivity contribution is 6.17. The molecule has 1 heterocycles. The minimum Gasteiger partial charge on any atom is -0.294 e. The average Bonchev–Trinajstić information content (AvgIpc) is 2.84. The summed E-state index contributed by atoms with van der Waals surface area (Å²) in [4.78, 5) is 4.55. The number of fused-ring (bicyclic) bond motifs is 1. The molecule has 0 unspecified atom stereocenters. The van der Waals surface area contributed by atoms with Gasteiger partial charge in [0.1, 0.15) is 11.9 Å². The van der Waals surface area contributed by atoms with Gasteiger partial charge in [-0.1, -0.05) is 18.2 Å². The van der Waals surface area contributed by atoms with E-state index in [2.05, 4.69) is 17.1 Å². The lowest BCUT2D eigenvalue weighted by molar-refractivity contribution is 0.978. The van der Waals surface area contributed by atoms with Crippen molar-refractivity contribution < 1.29 is 0 Å². The van der Waals surface area contributed by atoms with Gasteiger partial charge in [0, 0.05) is 0 Å². The van der Waals surface area contributed by atoms with E-state index < -0.39 is 0 Å². The van der Waals surface area contributed by atoms with Gasteiger partial charge < -0.3 is 0 Å². The summed E-state index contributed by atoms with van der Waals surface area (Å²) in [6.45, 7) is 2.04. The third kappa shape index (κ3) is 1.95. The maximum atomic E-state index is 9.29. The Morgan fingerprint density at radius 1 is 1.25 bits per heavy atom. The Morgan fingerprint density at radius 3 is 2.80 bits per heavy atom. The monoisotopic (exact) mass is 281 g/mol. The Morgan fingerprint density at radius 2 is 2.05 bits per heavy atom. The Balaban J connectivity index is 2.40. The smallest absolute Gasteiger partial charge is 0.129 e. The van der Waals surface area contributed by atoms with Crippen LogP contribution in [0.2, 0.25) is 0 Å². The molecule has 0 aliphatic rings. The molecule has 3 aromatic rings. The van der Waals surface area contributed by atoms with E-state index in [0.29, 0.717) is 11.4 Å². The molecule has 0 saturated carbocycles. The quantitative estimate of drug-likeness (QED) is 0.668.